The lowest BCUT2D eigenvalue weighted by molar-refractivity contribution is -0.134. The van der Waals surface area contributed by atoms with Gasteiger partial charge in [-0.3, -0.25) is 4.79 Å². The fraction of sp³-hybridized carbons (Fsp3) is 0.333. The Balaban J connectivity index is 2.42. The maximum absolute atomic E-state index is 11.9. The smallest absolute Gasteiger partial charge is 0.332 e. The predicted octanol–water partition coefficient (Wildman–Crippen LogP) is 1.83. The number of nitrogens with zero attached hydrogens (tertiary/aromatic N) is 1. The molecule has 1 aromatic rings. The van der Waals surface area contributed by atoms with E-state index in [9.17, 15) is 9.59 Å². The van der Waals surface area contributed by atoms with Crippen LogP contribution in [0.1, 0.15) is 18.4 Å². The van der Waals surface area contributed by atoms with Gasteiger partial charge in [0.05, 0.1) is 19.9 Å². The third kappa shape index (κ3) is 2.99. The first-order chi connectivity index (χ1) is 9.65. The van der Waals surface area contributed by atoms with Gasteiger partial charge in [0, 0.05) is 24.6 Å². The summed E-state index contributed by atoms with van der Waals surface area (Å²) < 4.78 is 9.85. The van der Waals surface area contributed by atoms with E-state index >= 15 is 0 Å². The van der Waals surface area contributed by atoms with Crippen LogP contribution in [-0.2, 0) is 14.3 Å². The van der Waals surface area contributed by atoms with Gasteiger partial charge in [-0.2, -0.15) is 0 Å². The maximum atomic E-state index is 11.9. The fourth-order valence-corrected chi connectivity index (χ4v) is 2.17. The molecule has 0 N–H and O–H groups in total. The summed E-state index contributed by atoms with van der Waals surface area (Å²) in [6, 6.07) is 7.26. The summed E-state index contributed by atoms with van der Waals surface area (Å²) in [6.45, 7) is 0.610. The summed E-state index contributed by atoms with van der Waals surface area (Å²) in [5, 5.41) is 0. The van der Waals surface area contributed by atoms with E-state index in [0.717, 1.165) is 12.0 Å². The largest absolute Gasteiger partial charge is 0.497 e. The van der Waals surface area contributed by atoms with Crippen molar-refractivity contribution in [3.8, 4) is 5.75 Å². The molecule has 5 nitrogen and oxygen atoms in total. The van der Waals surface area contributed by atoms with Gasteiger partial charge in [0.1, 0.15) is 5.75 Å². The van der Waals surface area contributed by atoms with Gasteiger partial charge in [-0.25, -0.2) is 4.79 Å². The van der Waals surface area contributed by atoms with Crippen molar-refractivity contribution < 1.29 is 19.1 Å². The zero-order valence-corrected chi connectivity index (χ0v) is 11.6. The molecule has 0 saturated carbocycles. The van der Waals surface area contributed by atoms with Crippen molar-refractivity contribution in [1.29, 1.82) is 0 Å². The first-order valence-electron chi connectivity index (χ1n) is 6.40. The second-order valence-electron chi connectivity index (χ2n) is 4.43. The predicted molar refractivity (Wildman–Crippen MR) is 73.9 cm³/mol. The number of carbonyl (C=O) groups is 2. The minimum Gasteiger partial charge on any atom is -0.497 e. The van der Waals surface area contributed by atoms with Crippen LogP contribution in [0.25, 0.3) is 5.70 Å². The van der Waals surface area contributed by atoms with Gasteiger partial charge in [0.15, 0.2) is 0 Å². The Bertz CT molecular complexity index is 551. The normalized spacial score (nSPS) is 15.4. The molecule has 1 aromatic carbocycles. The molecule has 1 aliphatic rings. The summed E-state index contributed by atoms with van der Waals surface area (Å²) in [5.41, 5.74) is 1.31. The number of hydrogen-bond donors (Lipinski definition) is 0. The van der Waals surface area contributed by atoms with Crippen LogP contribution in [0.15, 0.2) is 30.3 Å². The van der Waals surface area contributed by atoms with Crippen molar-refractivity contribution in [3.05, 3.63) is 35.9 Å². The number of benzene rings is 1. The van der Waals surface area contributed by atoms with Crippen molar-refractivity contribution in [1.82, 2.24) is 4.90 Å². The first kappa shape index (κ1) is 14.1. The standard InChI is InChI=1S/C15H17NO4/c1-19-12-6-3-5-11(9-12)13(10-15(18)20-2)16-8-4-7-14(16)17/h3,5-6,9-10H,4,7-8H2,1-2H3. The highest BCUT2D eigenvalue weighted by molar-refractivity contribution is 5.96. The second-order valence-corrected chi connectivity index (χ2v) is 4.43. The Morgan fingerprint density at radius 2 is 2.15 bits per heavy atom. The van der Waals surface area contributed by atoms with Gasteiger partial charge >= 0.3 is 5.97 Å². The van der Waals surface area contributed by atoms with Crippen molar-refractivity contribution in [2.75, 3.05) is 20.8 Å². The Kier molecular flexibility index (Phi) is 4.40. The number of esters is 1. The van der Waals surface area contributed by atoms with E-state index in [-0.39, 0.29) is 5.91 Å². The SMILES string of the molecule is COC(=O)C=C(c1cccc(OC)c1)N1CCCC1=O. The van der Waals surface area contributed by atoms with Gasteiger partial charge in [-0.15, -0.1) is 0 Å². The van der Waals surface area contributed by atoms with Gasteiger partial charge < -0.3 is 14.4 Å². The number of likely N-dealkylation sites (tertiary alicyclic amines) is 1. The highest BCUT2D eigenvalue weighted by Crippen LogP contribution is 2.27. The zero-order valence-electron chi connectivity index (χ0n) is 11.6. The van der Waals surface area contributed by atoms with Crippen LogP contribution in [-0.4, -0.2) is 37.5 Å². The molecule has 2 rings (SSSR count). The molecule has 1 aliphatic heterocycles. The third-order valence-corrected chi connectivity index (χ3v) is 3.19. The molecule has 0 spiro atoms. The van der Waals surface area contributed by atoms with Gasteiger partial charge in [0.25, 0.3) is 0 Å². The molecule has 0 unspecified atom stereocenters. The highest BCUT2D eigenvalue weighted by atomic mass is 16.5. The van der Waals surface area contributed by atoms with Crippen LogP contribution in [0.2, 0.25) is 0 Å². The van der Waals surface area contributed by atoms with Crippen LogP contribution in [0, 0.1) is 0 Å². The van der Waals surface area contributed by atoms with Crippen molar-refractivity contribution in [2.24, 2.45) is 0 Å². The van der Waals surface area contributed by atoms with Crippen LogP contribution in [0.4, 0.5) is 0 Å². The van der Waals surface area contributed by atoms with Crippen molar-refractivity contribution in [3.63, 3.8) is 0 Å². The van der Waals surface area contributed by atoms with Crippen molar-refractivity contribution >= 4 is 17.6 Å². The Hall–Kier alpha value is -2.30. The molecule has 0 radical (unpaired) electrons. The summed E-state index contributed by atoms with van der Waals surface area (Å²) in [5.74, 6) is 0.204. The number of ether oxygens (including phenoxy) is 2. The molecule has 20 heavy (non-hydrogen) atoms. The molecule has 0 bridgehead atoms. The number of carbonyl (C=O) groups excluding carboxylic acids is 2. The van der Waals surface area contributed by atoms with E-state index in [2.05, 4.69) is 4.74 Å². The van der Waals surface area contributed by atoms with Crippen molar-refractivity contribution in [2.45, 2.75) is 12.8 Å². The second kappa shape index (κ2) is 6.23. The Labute approximate surface area is 117 Å². The molecule has 1 amide bonds. The quantitative estimate of drug-likeness (QED) is 0.621. The summed E-state index contributed by atoms with van der Waals surface area (Å²) in [4.78, 5) is 25.1. The lowest BCUT2D eigenvalue weighted by Gasteiger charge is -2.20. The maximum Gasteiger partial charge on any atom is 0.332 e. The molecule has 0 aromatic heterocycles. The average molecular weight is 275 g/mol. The minimum absolute atomic E-state index is 0.0166. The van der Waals surface area contributed by atoms with E-state index in [1.807, 2.05) is 18.2 Å². The Morgan fingerprint density at radius 1 is 1.35 bits per heavy atom. The fourth-order valence-electron chi connectivity index (χ4n) is 2.17. The number of amides is 1. The van der Waals surface area contributed by atoms with E-state index < -0.39 is 5.97 Å². The molecule has 0 aliphatic carbocycles. The van der Waals surface area contributed by atoms with E-state index in [0.29, 0.717) is 24.4 Å². The van der Waals surface area contributed by atoms with Crippen LogP contribution in [0.3, 0.4) is 0 Å². The average Bonchev–Trinajstić information content (AvgIpc) is 2.90. The molecule has 106 valence electrons. The zero-order chi connectivity index (χ0) is 14.5. The lowest BCUT2D eigenvalue weighted by atomic mass is 10.1. The number of hydrogen-bond acceptors (Lipinski definition) is 4. The van der Waals surface area contributed by atoms with Gasteiger partial charge in [-0.1, -0.05) is 12.1 Å². The van der Waals surface area contributed by atoms with E-state index in [1.54, 1.807) is 18.1 Å². The molecule has 1 saturated heterocycles. The first-order valence-corrected chi connectivity index (χ1v) is 6.40. The molecule has 1 fully saturated rings. The molecule has 5 heteroatoms. The van der Waals surface area contributed by atoms with E-state index in [4.69, 9.17) is 4.74 Å². The van der Waals surface area contributed by atoms with Crippen LogP contribution < -0.4 is 4.74 Å². The van der Waals surface area contributed by atoms with Crippen LogP contribution in [0.5, 0.6) is 5.75 Å². The minimum atomic E-state index is -0.484. The lowest BCUT2D eigenvalue weighted by Crippen LogP contribution is -2.23. The molecule has 0 atom stereocenters. The Morgan fingerprint density at radius 3 is 2.75 bits per heavy atom. The van der Waals surface area contributed by atoms with Crippen LogP contribution >= 0.6 is 0 Å². The topological polar surface area (TPSA) is 55.8 Å². The summed E-state index contributed by atoms with van der Waals surface area (Å²) in [6.07, 6.45) is 2.64. The summed E-state index contributed by atoms with van der Waals surface area (Å²) >= 11 is 0. The highest BCUT2D eigenvalue weighted by Gasteiger charge is 2.25. The van der Waals surface area contributed by atoms with Gasteiger partial charge in [0.2, 0.25) is 5.91 Å². The number of rotatable bonds is 4. The summed E-state index contributed by atoms with van der Waals surface area (Å²) in [7, 11) is 2.89. The molecular weight excluding hydrogens is 258 g/mol. The third-order valence-electron chi connectivity index (χ3n) is 3.19. The molecular formula is C15H17NO4. The monoisotopic (exact) mass is 275 g/mol. The molecule has 1 heterocycles. The van der Waals surface area contributed by atoms with Gasteiger partial charge in [-0.05, 0) is 18.6 Å². The van der Waals surface area contributed by atoms with E-state index in [1.165, 1.54) is 13.2 Å². The number of methoxy groups -OCH3 is 2.